The molecule has 1 aliphatic heterocycles. The molecular formula is C13H19NOS. The SMILES string of the molecule is CNC1CCSCc2c(OC)ccc(C)c21. The van der Waals surface area contributed by atoms with Gasteiger partial charge >= 0.3 is 0 Å². The Bertz CT molecular complexity index is 378. The van der Waals surface area contributed by atoms with Crippen LogP contribution in [0.5, 0.6) is 5.75 Å². The summed E-state index contributed by atoms with van der Waals surface area (Å²) in [7, 11) is 3.80. The quantitative estimate of drug-likeness (QED) is 0.854. The van der Waals surface area contributed by atoms with Crippen LogP contribution in [0, 0.1) is 6.92 Å². The van der Waals surface area contributed by atoms with E-state index in [9.17, 15) is 0 Å². The van der Waals surface area contributed by atoms with Crippen LogP contribution in [0.3, 0.4) is 0 Å². The summed E-state index contributed by atoms with van der Waals surface area (Å²) in [5, 5.41) is 3.42. The average Bonchev–Trinajstić information content (AvgIpc) is 2.52. The molecule has 2 nitrogen and oxygen atoms in total. The lowest BCUT2D eigenvalue weighted by atomic mass is 9.94. The normalized spacial score (nSPS) is 20.1. The van der Waals surface area contributed by atoms with Crippen molar-refractivity contribution in [2.24, 2.45) is 0 Å². The first kappa shape index (κ1) is 11.8. The van der Waals surface area contributed by atoms with E-state index in [2.05, 4.69) is 24.4 Å². The van der Waals surface area contributed by atoms with Crippen molar-refractivity contribution in [1.82, 2.24) is 5.32 Å². The van der Waals surface area contributed by atoms with Crippen LogP contribution < -0.4 is 10.1 Å². The van der Waals surface area contributed by atoms with Crippen LogP contribution in [0.4, 0.5) is 0 Å². The van der Waals surface area contributed by atoms with Gasteiger partial charge in [-0.2, -0.15) is 11.8 Å². The van der Waals surface area contributed by atoms with E-state index in [-0.39, 0.29) is 0 Å². The van der Waals surface area contributed by atoms with Crippen molar-refractivity contribution in [2.75, 3.05) is 19.9 Å². The molecule has 0 spiro atoms. The molecule has 1 aliphatic rings. The lowest BCUT2D eigenvalue weighted by Gasteiger charge is -2.20. The standard InChI is InChI=1S/C13H19NOS/c1-9-4-5-12(15-3)10-8-16-7-6-11(14-2)13(9)10/h4-5,11,14H,6-8H2,1-3H3. The number of rotatable bonds is 2. The molecule has 16 heavy (non-hydrogen) atoms. The zero-order chi connectivity index (χ0) is 11.5. The van der Waals surface area contributed by atoms with Crippen LogP contribution in [-0.2, 0) is 5.75 Å². The number of methoxy groups -OCH3 is 1. The van der Waals surface area contributed by atoms with Gasteiger partial charge in [-0.25, -0.2) is 0 Å². The summed E-state index contributed by atoms with van der Waals surface area (Å²) < 4.78 is 5.47. The molecule has 1 heterocycles. The van der Waals surface area contributed by atoms with Gasteiger partial charge in [0.1, 0.15) is 5.75 Å². The second-order valence-electron chi connectivity index (χ2n) is 4.16. The van der Waals surface area contributed by atoms with Crippen LogP contribution in [0.1, 0.15) is 29.2 Å². The Morgan fingerprint density at radius 1 is 1.44 bits per heavy atom. The van der Waals surface area contributed by atoms with Crippen molar-refractivity contribution < 1.29 is 4.74 Å². The van der Waals surface area contributed by atoms with E-state index in [0.29, 0.717) is 6.04 Å². The van der Waals surface area contributed by atoms with Crippen molar-refractivity contribution >= 4 is 11.8 Å². The van der Waals surface area contributed by atoms with E-state index >= 15 is 0 Å². The fourth-order valence-corrected chi connectivity index (χ4v) is 3.44. The summed E-state index contributed by atoms with van der Waals surface area (Å²) in [4.78, 5) is 0. The fourth-order valence-electron chi connectivity index (χ4n) is 2.40. The average molecular weight is 237 g/mol. The van der Waals surface area contributed by atoms with Gasteiger partial charge < -0.3 is 10.1 Å². The highest BCUT2D eigenvalue weighted by atomic mass is 32.2. The molecule has 1 unspecified atom stereocenters. The molecule has 0 fully saturated rings. The van der Waals surface area contributed by atoms with Crippen molar-refractivity contribution in [3.8, 4) is 5.75 Å². The van der Waals surface area contributed by atoms with Crippen LogP contribution in [-0.4, -0.2) is 19.9 Å². The third-order valence-corrected chi connectivity index (χ3v) is 4.26. The Hall–Kier alpha value is -0.670. The molecule has 0 aromatic heterocycles. The van der Waals surface area contributed by atoms with Gasteiger partial charge in [0.2, 0.25) is 0 Å². The first-order chi connectivity index (χ1) is 7.77. The molecule has 0 bridgehead atoms. The van der Waals surface area contributed by atoms with Gasteiger partial charge in [-0.3, -0.25) is 0 Å². The van der Waals surface area contributed by atoms with Crippen molar-refractivity contribution in [3.05, 3.63) is 28.8 Å². The Morgan fingerprint density at radius 2 is 2.25 bits per heavy atom. The minimum Gasteiger partial charge on any atom is -0.496 e. The predicted molar refractivity (Wildman–Crippen MR) is 70.3 cm³/mol. The number of thioether (sulfide) groups is 1. The van der Waals surface area contributed by atoms with E-state index < -0.39 is 0 Å². The highest BCUT2D eigenvalue weighted by Crippen LogP contribution is 2.37. The highest BCUT2D eigenvalue weighted by molar-refractivity contribution is 7.98. The minimum atomic E-state index is 0.472. The summed E-state index contributed by atoms with van der Waals surface area (Å²) in [6, 6.07) is 4.73. The van der Waals surface area contributed by atoms with Crippen LogP contribution in [0.25, 0.3) is 0 Å². The van der Waals surface area contributed by atoms with Gasteiger partial charge in [0.25, 0.3) is 0 Å². The van der Waals surface area contributed by atoms with Crippen molar-refractivity contribution in [1.29, 1.82) is 0 Å². The van der Waals surface area contributed by atoms with Crippen molar-refractivity contribution in [2.45, 2.75) is 25.1 Å². The summed E-state index contributed by atoms with van der Waals surface area (Å²) >= 11 is 2.00. The maximum Gasteiger partial charge on any atom is 0.123 e. The van der Waals surface area contributed by atoms with Crippen LogP contribution in [0.2, 0.25) is 0 Å². The number of aryl methyl sites for hydroxylation is 1. The van der Waals surface area contributed by atoms with E-state index in [1.165, 1.54) is 28.9 Å². The van der Waals surface area contributed by atoms with Crippen LogP contribution >= 0.6 is 11.8 Å². The number of benzene rings is 1. The molecule has 0 aliphatic carbocycles. The number of ether oxygens (including phenoxy) is 1. The summed E-state index contributed by atoms with van der Waals surface area (Å²) in [5.41, 5.74) is 4.20. The number of nitrogens with one attached hydrogen (secondary N) is 1. The third-order valence-electron chi connectivity index (χ3n) is 3.25. The Kier molecular flexibility index (Phi) is 3.77. The molecule has 2 rings (SSSR count). The largest absolute Gasteiger partial charge is 0.496 e. The molecule has 1 aromatic rings. The third kappa shape index (κ3) is 2.06. The van der Waals surface area contributed by atoms with Gasteiger partial charge in [-0.15, -0.1) is 0 Å². The zero-order valence-electron chi connectivity index (χ0n) is 10.2. The minimum absolute atomic E-state index is 0.472. The first-order valence-corrected chi connectivity index (χ1v) is 6.84. The maximum absolute atomic E-state index is 5.47. The number of hydrogen-bond acceptors (Lipinski definition) is 3. The second kappa shape index (κ2) is 5.11. The summed E-state index contributed by atoms with van der Waals surface area (Å²) in [6.45, 7) is 2.19. The Labute approximate surface area is 102 Å². The molecule has 0 saturated carbocycles. The number of hydrogen-bond donors (Lipinski definition) is 1. The lowest BCUT2D eigenvalue weighted by molar-refractivity contribution is 0.409. The summed E-state index contributed by atoms with van der Waals surface area (Å²) in [5.74, 6) is 3.32. The molecule has 3 heteroatoms. The molecule has 88 valence electrons. The number of fused-ring (bicyclic) bond motifs is 1. The van der Waals surface area contributed by atoms with Crippen LogP contribution in [0.15, 0.2) is 12.1 Å². The maximum atomic E-state index is 5.47. The first-order valence-electron chi connectivity index (χ1n) is 5.69. The predicted octanol–water partition coefficient (Wildman–Crippen LogP) is 2.90. The highest BCUT2D eigenvalue weighted by Gasteiger charge is 2.22. The molecule has 0 amide bonds. The van der Waals surface area contributed by atoms with Gasteiger partial charge in [0.15, 0.2) is 0 Å². The lowest BCUT2D eigenvalue weighted by Crippen LogP contribution is -2.18. The van der Waals surface area contributed by atoms with E-state index in [1.807, 2.05) is 18.8 Å². The van der Waals surface area contributed by atoms with Gasteiger partial charge in [0.05, 0.1) is 7.11 Å². The smallest absolute Gasteiger partial charge is 0.123 e. The summed E-state index contributed by atoms with van der Waals surface area (Å²) in [6.07, 6.45) is 1.20. The van der Waals surface area contributed by atoms with E-state index in [0.717, 1.165) is 11.5 Å². The molecule has 0 radical (unpaired) electrons. The topological polar surface area (TPSA) is 21.3 Å². The Balaban J connectivity index is 2.54. The second-order valence-corrected chi connectivity index (χ2v) is 5.26. The molecule has 1 aromatic carbocycles. The van der Waals surface area contributed by atoms with Crippen molar-refractivity contribution in [3.63, 3.8) is 0 Å². The monoisotopic (exact) mass is 237 g/mol. The molecule has 1 atom stereocenters. The Morgan fingerprint density at radius 3 is 2.94 bits per heavy atom. The van der Waals surface area contributed by atoms with Gasteiger partial charge in [0, 0.05) is 17.4 Å². The van der Waals surface area contributed by atoms with E-state index in [4.69, 9.17) is 4.74 Å². The fraction of sp³-hybridized carbons (Fsp3) is 0.538. The van der Waals surface area contributed by atoms with E-state index in [1.54, 1.807) is 7.11 Å². The molecule has 0 saturated heterocycles. The van der Waals surface area contributed by atoms with Gasteiger partial charge in [-0.05, 0) is 43.3 Å². The zero-order valence-corrected chi connectivity index (χ0v) is 11.0. The molecular weight excluding hydrogens is 218 g/mol. The van der Waals surface area contributed by atoms with Gasteiger partial charge in [-0.1, -0.05) is 6.07 Å². The molecule has 1 N–H and O–H groups in total.